The predicted octanol–water partition coefficient (Wildman–Crippen LogP) is 2.04. The van der Waals surface area contributed by atoms with Crippen molar-refractivity contribution in [2.75, 3.05) is 51.1 Å². The number of nitriles is 1. The van der Waals surface area contributed by atoms with Gasteiger partial charge in [0.1, 0.15) is 6.07 Å². The number of rotatable bonds is 6. The molecule has 2 amide bonds. The van der Waals surface area contributed by atoms with E-state index in [0.717, 1.165) is 44.6 Å². The normalized spacial score (nSPS) is 19.7. The summed E-state index contributed by atoms with van der Waals surface area (Å²) in [6.45, 7) is 8.11. The van der Waals surface area contributed by atoms with Crippen molar-refractivity contribution in [3.63, 3.8) is 0 Å². The molecule has 0 unspecified atom stereocenters. The molecular formula is C22H26ClN5O2. The summed E-state index contributed by atoms with van der Waals surface area (Å²) in [5.74, 6) is 0.479. The van der Waals surface area contributed by atoms with Gasteiger partial charge in [-0.2, -0.15) is 5.26 Å². The number of amides is 2. The van der Waals surface area contributed by atoms with Crippen molar-refractivity contribution in [2.45, 2.75) is 24.8 Å². The lowest BCUT2D eigenvalue weighted by Crippen LogP contribution is -2.64. The van der Waals surface area contributed by atoms with E-state index >= 15 is 0 Å². The van der Waals surface area contributed by atoms with Crippen LogP contribution in [-0.4, -0.2) is 78.4 Å². The van der Waals surface area contributed by atoms with Crippen LogP contribution >= 0.6 is 11.6 Å². The Hall–Kier alpha value is -2.56. The number of hydrogen-bond acceptors (Lipinski definition) is 5. The van der Waals surface area contributed by atoms with Gasteiger partial charge in [-0.25, -0.2) is 0 Å². The molecule has 0 bridgehead atoms. The third-order valence-corrected chi connectivity index (χ3v) is 6.56. The molecule has 1 saturated carbocycles. The van der Waals surface area contributed by atoms with Gasteiger partial charge in [-0.3, -0.25) is 14.5 Å². The molecule has 158 valence electrons. The number of nitrogens with one attached hydrogen (secondary N) is 1. The first-order chi connectivity index (χ1) is 14.5. The van der Waals surface area contributed by atoms with Gasteiger partial charge in [0.2, 0.25) is 11.8 Å². The van der Waals surface area contributed by atoms with E-state index in [1.165, 1.54) is 6.08 Å². The highest BCUT2D eigenvalue weighted by molar-refractivity contribution is 6.31. The SMILES string of the molecule is C=CC(=O)N1CC(N2CCN(C(=O)CNc3cc(C4CC4)c(Cl)cc3C#N)CC2)C1. The number of likely N-dealkylation sites (tertiary alicyclic amines) is 1. The molecule has 0 spiro atoms. The Morgan fingerprint density at radius 3 is 2.50 bits per heavy atom. The average molecular weight is 428 g/mol. The fraction of sp³-hybridized carbons (Fsp3) is 0.500. The second-order valence-electron chi connectivity index (χ2n) is 8.18. The number of carbonyl (C=O) groups excluding carboxylic acids is 2. The summed E-state index contributed by atoms with van der Waals surface area (Å²) >= 11 is 6.30. The molecule has 0 radical (unpaired) electrons. The van der Waals surface area contributed by atoms with E-state index in [2.05, 4.69) is 22.9 Å². The number of anilines is 1. The Labute approximate surface area is 181 Å². The van der Waals surface area contributed by atoms with Gasteiger partial charge in [0.05, 0.1) is 17.8 Å². The molecule has 3 aliphatic rings. The van der Waals surface area contributed by atoms with Crippen molar-refractivity contribution < 1.29 is 9.59 Å². The van der Waals surface area contributed by atoms with Crippen molar-refractivity contribution in [2.24, 2.45) is 0 Å². The quantitative estimate of drug-likeness (QED) is 0.703. The zero-order valence-corrected chi connectivity index (χ0v) is 17.7. The first-order valence-corrected chi connectivity index (χ1v) is 10.8. The Balaban J connectivity index is 1.27. The number of hydrogen-bond donors (Lipinski definition) is 1. The van der Waals surface area contributed by atoms with Crippen LogP contribution in [0.3, 0.4) is 0 Å². The van der Waals surface area contributed by atoms with Gasteiger partial charge in [0, 0.05) is 50.3 Å². The zero-order valence-electron chi connectivity index (χ0n) is 16.9. The highest BCUT2D eigenvalue weighted by Crippen LogP contribution is 2.44. The van der Waals surface area contributed by atoms with Crippen molar-refractivity contribution in [3.05, 3.63) is 40.9 Å². The van der Waals surface area contributed by atoms with Crippen molar-refractivity contribution >= 4 is 29.1 Å². The maximum Gasteiger partial charge on any atom is 0.246 e. The van der Waals surface area contributed by atoms with Crippen LogP contribution in [0.2, 0.25) is 5.02 Å². The fourth-order valence-corrected chi connectivity index (χ4v) is 4.47. The standard InChI is InChI=1S/C22H26ClN5O2/c1-2-21(29)28-13-17(14-28)26-5-7-27(8-6-26)22(30)12-25-20-10-18(15-3-4-15)19(23)9-16(20)11-24/h2,9-10,15,17,25H,1,3-8,12-14H2. The van der Waals surface area contributed by atoms with Crippen molar-refractivity contribution in [3.8, 4) is 6.07 Å². The maximum absolute atomic E-state index is 12.7. The molecular weight excluding hydrogens is 402 g/mol. The molecule has 0 atom stereocenters. The molecule has 1 aliphatic carbocycles. The van der Waals surface area contributed by atoms with Crippen LogP contribution in [0.15, 0.2) is 24.8 Å². The minimum absolute atomic E-state index is 0.0186. The summed E-state index contributed by atoms with van der Waals surface area (Å²) in [5, 5.41) is 13.2. The van der Waals surface area contributed by atoms with Crippen LogP contribution < -0.4 is 5.32 Å². The first kappa shape index (κ1) is 20.7. The molecule has 1 aromatic rings. The largest absolute Gasteiger partial charge is 0.375 e. The number of piperazine rings is 1. The van der Waals surface area contributed by atoms with Gasteiger partial charge in [-0.15, -0.1) is 0 Å². The first-order valence-electron chi connectivity index (χ1n) is 10.4. The molecule has 2 heterocycles. The molecule has 8 heteroatoms. The third kappa shape index (κ3) is 4.30. The van der Waals surface area contributed by atoms with Gasteiger partial charge < -0.3 is 15.1 Å². The molecule has 1 N–H and O–H groups in total. The second kappa shape index (κ2) is 8.66. The molecule has 2 aliphatic heterocycles. The highest BCUT2D eigenvalue weighted by atomic mass is 35.5. The highest BCUT2D eigenvalue weighted by Gasteiger charge is 2.35. The third-order valence-electron chi connectivity index (χ3n) is 6.24. The number of benzene rings is 1. The van der Waals surface area contributed by atoms with Crippen LogP contribution in [0.1, 0.15) is 29.9 Å². The summed E-state index contributed by atoms with van der Waals surface area (Å²) < 4.78 is 0. The van der Waals surface area contributed by atoms with Crippen molar-refractivity contribution in [1.29, 1.82) is 5.26 Å². The molecule has 1 aromatic carbocycles. The molecule has 0 aromatic heterocycles. The number of carbonyl (C=O) groups is 2. The van der Waals surface area contributed by atoms with Gasteiger partial charge in [-0.1, -0.05) is 18.2 Å². The van der Waals surface area contributed by atoms with E-state index < -0.39 is 0 Å². The zero-order chi connectivity index (χ0) is 21.3. The summed E-state index contributed by atoms with van der Waals surface area (Å²) in [6.07, 6.45) is 3.59. The lowest BCUT2D eigenvalue weighted by atomic mass is 10.1. The minimum Gasteiger partial charge on any atom is -0.375 e. The van der Waals surface area contributed by atoms with Crippen molar-refractivity contribution in [1.82, 2.24) is 14.7 Å². The van der Waals surface area contributed by atoms with Gasteiger partial charge >= 0.3 is 0 Å². The van der Waals surface area contributed by atoms with Crippen LogP contribution in [0.5, 0.6) is 0 Å². The summed E-state index contributed by atoms with van der Waals surface area (Å²) in [4.78, 5) is 30.3. The van der Waals surface area contributed by atoms with E-state index in [1.54, 1.807) is 11.0 Å². The second-order valence-corrected chi connectivity index (χ2v) is 8.58. The summed E-state index contributed by atoms with van der Waals surface area (Å²) in [6, 6.07) is 6.15. The van der Waals surface area contributed by atoms with E-state index in [0.29, 0.717) is 41.3 Å². The van der Waals surface area contributed by atoms with Crippen LogP contribution in [0, 0.1) is 11.3 Å². The summed E-state index contributed by atoms with van der Waals surface area (Å²) in [7, 11) is 0. The van der Waals surface area contributed by atoms with Crippen LogP contribution in [0.4, 0.5) is 5.69 Å². The van der Waals surface area contributed by atoms with Gasteiger partial charge in [-0.05, 0) is 42.5 Å². The summed E-state index contributed by atoms with van der Waals surface area (Å²) in [5.41, 5.74) is 2.20. The smallest absolute Gasteiger partial charge is 0.246 e. The Morgan fingerprint density at radius 1 is 1.20 bits per heavy atom. The fourth-order valence-electron chi connectivity index (χ4n) is 4.15. The molecule has 2 saturated heterocycles. The van der Waals surface area contributed by atoms with E-state index in [4.69, 9.17) is 11.6 Å². The topological polar surface area (TPSA) is 79.7 Å². The van der Waals surface area contributed by atoms with Crippen LogP contribution in [0.25, 0.3) is 0 Å². The Kier molecular flexibility index (Phi) is 5.98. The number of halogens is 1. The maximum atomic E-state index is 12.7. The van der Waals surface area contributed by atoms with E-state index in [1.807, 2.05) is 11.0 Å². The minimum atomic E-state index is -0.0186. The average Bonchev–Trinajstić information content (AvgIpc) is 3.56. The van der Waals surface area contributed by atoms with Gasteiger partial charge in [0.25, 0.3) is 0 Å². The predicted molar refractivity (Wildman–Crippen MR) is 115 cm³/mol. The monoisotopic (exact) mass is 427 g/mol. The lowest BCUT2D eigenvalue weighted by molar-refractivity contribution is -0.135. The Bertz CT molecular complexity index is 894. The molecule has 4 rings (SSSR count). The van der Waals surface area contributed by atoms with E-state index in [-0.39, 0.29) is 18.4 Å². The molecule has 7 nitrogen and oxygen atoms in total. The number of nitrogens with zero attached hydrogens (tertiary/aromatic N) is 4. The lowest BCUT2D eigenvalue weighted by Gasteiger charge is -2.47. The molecule has 3 fully saturated rings. The van der Waals surface area contributed by atoms with Gasteiger partial charge in [0.15, 0.2) is 0 Å². The molecule has 30 heavy (non-hydrogen) atoms. The Morgan fingerprint density at radius 2 is 1.90 bits per heavy atom. The van der Waals surface area contributed by atoms with E-state index in [9.17, 15) is 14.9 Å². The van der Waals surface area contributed by atoms with Crippen LogP contribution in [-0.2, 0) is 9.59 Å².